The Balaban J connectivity index is 3.10. The van der Waals surface area contributed by atoms with Crippen LogP contribution in [-0.2, 0) is 0 Å². The highest BCUT2D eigenvalue weighted by atomic mass is 19.1. The molecule has 0 amide bonds. The summed E-state index contributed by atoms with van der Waals surface area (Å²) in [7, 11) is 0. The number of hydrogen-bond acceptors (Lipinski definition) is 2. The molecule has 0 spiro atoms. The Kier molecular flexibility index (Phi) is 3.33. The van der Waals surface area contributed by atoms with Gasteiger partial charge in [0, 0.05) is 11.6 Å². The number of benzene rings is 1. The average molecular weight is 198 g/mol. The van der Waals surface area contributed by atoms with Crippen LogP contribution in [0.1, 0.15) is 18.5 Å². The molecule has 2 nitrogen and oxygen atoms in total. The number of nitrogens with one attached hydrogen (secondary N) is 1. The maximum atomic E-state index is 13.3. The van der Waals surface area contributed by atoms with Crippen LogP contribution < -0.4 is 11.3 Å². The van der Waals surface area contributed by atoms with E-state index in [0.29, 0.717) is 11.1 Å². The molecule has 1 unspecified atom stereocenters. The summed E-state index contributed by atoms with van der Waals surface area (Å²) >= 11 is 0. The highest BCUT2D eigenvalue weighted by molar-refractivity contribution is 5.27. The van der Waals surface area contributed by atoms with Crippen molar-refractivity contribution in [3.8, 4) is 0 Å². The second-order valence-corrected chi connectivity index (χ2v) is 3.11. The van der Waals surface area contributed by atoms with Gasteiger partial charge in [-0.15, -0.1) is 0 Å². The smallest absolute Gasteiger partial charge is 0.131 e. The Labute approximate surface area is 81.4 Å². The van der Waals surface area contributed by atoms with Gasteiger partial charge in [-0.1, -0.05) is 18.2 Å². The topological polar surface area (TPSA) is 38.0 Å². The Hall–Kier alpha value is -1.26. The van der Waals surface area contributed by atoms with Crippen molar-refractivity contribution in [1.82, 2.24) is 5.43 Å². The lowest BCUT2D eigenvalue weighted by molar-refractivity contribution is 0.538. The van der Waals surface area contributed by atoms with Gasteiger partial charge in [0.2, 0.25) is 0 Å². The van der Waals surface area contributed by atoms with Crippen molar-refractivity contribution < 1.29 is 8.78 Å². The molecule has 0 bridgehead atoms. The van der Waals surface area contributed by atoms with E-state index < -0.39 is 17.7 Å². The molecule has 0 aromatic heterocycles. The fourth-order valence-corrected chi connectivity index (χ4v) is 1.23. The van der Waals surface area contributed by atoms with Gasteiger partial charge in [0.25, 0.3) is 0 Å². The van der Waals surface area contributed by atoms with E-state index in [-0.39, 0.29) is 0 Å². The molecule has 3 N–H and O–H groups in total. The summed E-state index contributed by atoms with van der Waals surface area (Å²) in [5, 5.41) is 0. The highest BCUT2D eigenvalue weighted by Gasteiger charge is 2.14. The SMILES string of the molecule is C=C(C)C(NN)c1ccc(F)cc1F. The van der Waals surface area contributed by atoms with Crippen LogP contribution >= 0.6 is 0 Å². The van der Waals surface area contributed by atoms with Crippen LogP contribution in [-0.4, -0.2) is 0 Å². The second-order valence-electron chi connectivity index (χ2n) is 3.11. The minimum absolute atomic E-state index is 0.293. The molecule has 0 aliphatic rings. The molecular weight excluding hydrogens is 186 g/mol. The van der Waals surface area contributed by atoms with Crippen molar-refractivity contribution in [2.45, 2.75) is 13.0 Å². The normalized spacial score (nSPS) is 12.6. The zero-order chi connectivity index (χ0) is 10.7. The first kappa shape index (κ1) is 10.8. The molecule has 14 heavy (non-hydrogen) atoms. The summed E-state index contributed by atoms with van der Waals surface area (Å²) in [5.74, 6) is 4.01. The molecule has 0 aliphatic heterocycles. The third-order valence-electron chi connectivity index (χ3n) is 1.93. The van der Waals surface area contributed by atoms with Crippen LogP contribution in [0.5, 0.6) is 0 Å². The quantitative estimate of drug-likeness (QED) is 0.443. The van der Waals surface area contributed by atoms with Crippen LogP contribution in [0.3, 0.4) is 0 Å². The summed E-state index contributed by atoms with van der Waals surface area (Å²) in [6, 6.07) is 2.87. The van der Waals surface area contributed by atoms with Crippen molar-refractivity contribution in [2.24, 2.45) is 5.84 Å². The molecule has 1 aromatic rings. The van der Waals surface area contributed by atoms with Crippen LogP contribution in [0.4, 0.5) is 8.78 Å². The minimum Gasteiger partial charge on any atom is -0.271 e. The van der Waals surface area contributed by atoms with Crippen molar-refractivity contribution in [3.63, 3.8) is 0 Å². The maximum absolute atomic E-state index is 13.3. The number of rotatable bonds is 3. The van der Waals surface area contributed by atoms with E-state index in [1.54, 1.807) is 6.92 Å². The van der Waals surface area contributed by atoms with Crippen LogP contribution in [0.2, 0.25) is 0 Å². The summed E-state index contributed by atoms with van der Waals surface area (Å²) in [6.07, 6.45) is 0. The molecular formula is C10H12F2N2. The monoisotopic (exact) mass is 198 g/mol. The van der Waals surface area contributed by atoms with E-state index in [4.69, 9.17) is 5.84 Å². The molecule has 76 valence electrons. The van der Waals surface area contributed by atoms with Crippen molar-refractivity contribution in [3.05, 3.63) is 47.5 Å². The predicted molar refractivity (Wildman–Crippen MR) is 51.2 cm³/mol. The van der Waals surface area contributed by atoms with Gasteiger partial charge >= 0.3 is 0 Å². The number of hydrogen-bond donors (Lipinski definition) is 2. The average Bonchev–Trinajstić information content (AvgIpc) is 2.09. The van der Waals surface area contributed by atoms with E-state index >= 15 is 0 Å². The predicted octanol–water partition coefficient (Wildman–Crippen LogP) is 2.05. The van der Waals surface area contributed by atoms with Crippen LogP contribution in [0.25, 0.3) is 0 Å². The summed E-state index contributed by atoms with van der Waals surface area (Å²) in [4.78, 5) is 0. The Morgan fingerprint density at radius 2 is 2.14 bits per heavy atom. The highest BCUT2D eigenvalue weighted by Crippen LogP contribution is 2.22. The zero-order valence-electron chi connectivity index (χ0n) is 7.85. The molecule has 0 heterocycles. The molecule has 0 radical (unpaired) electrons. The first-order valence-corrected chi connectivity index (χ1v) is 4.12. The van der Waals surface area contributed by atoms with E-state index in [1.807, 2.05) is 0 Å². The molecule has 0 saturated carbocycles. The van der Waals surface area contributed by atoms with Gasteiger partial charge in [-0.25, -0.2) is 14.2 Å². The molecule has 4 heteroatoms. The Bertz CT molecular complexity index is 350. The lowest BCUT2D eigenvalue weighted by Gasteiger charge is -2.16. The standard InChI is InChI=1S/C10H12F2N2/c1-6(2)10(14-13)8-4-3-7(11)5-9(8)12/h3-5,10,14H,1,13H2,2H3. The lowest BCUT2D eigenvalue weighted by atomic mass is 10.0. The molecule has 1 atom stereocenters. The molecule has 0 fully saturated rings. The minimum atomic E-state index is -0.629. The summed E-state index contributed by atoms with van der Waals surface area (Å²) in [5.41, 5.74) is 3.37. The lowest BCUT2D eigenvalue weighted by Crippen LogP contribution is -2.29. The van der Waals surface area contributed by atoms with Gasteiger partial charge in [0.15, 0.2) is 0 Å². The van der Waals surface area contributed by atoms with E-state index in [0.717, 1.165) is 6.07 Å². The summed E-state index contributed by atoms with van der Waals surface area (Å²) in [6.45, 7) is 5.38. The Morgan fingerprint density at radius 3 is 2.57 bits per heavy atom. The van der Waals surface area contributed by atoms with Crippen LogP contribution in [0, 0.1) is 11.6 Å². The van der Waals surface area contributed by atoms with Crippen molar-refractivity contribution >= 4 is 0 Å². The van der Waals surface area contributed by atoms with Gasteiger partial charge in [0.05, 0.1) is 6.04 Å². The van der Waals surface area contributed by atoms with E-state index in [1.165, 1.54) is 12.1 Å². The van der Waals surface area contributed by atoms with E-state index in [2.05, 4.69) is 12.0 Å². The van der Waals surface area contributed by atoms with Gasteiger partial charge in [-0.05, 0) is 13.0 Å². The molecule has 0 saturated heterocycles. The largest absolute Gasteiger partial charge is 0.271 e. The van der Waals surface area contributed by atoms with Gasteiger partial charge in [-0.3, -0.25) is 5.84 Å². The zero-order valence-corrected chi connectivity index (χ0v) is 7.85. The fourth-order valence-electron chi connectivity index (χ4n) is 1.23. The van der Waals surface area contributed by atoms with E-state index in [9.17, 15) is 8.78 Å². The first-order chi connectivity index (χ1) is 6.56. The van der Waals surface area contributed by atoms with Gasteiger partial charge in [0.1, 0.15) is 11.6 Å². The van der Waals surface area contributed by atoms with Crippen LogP contribution in [0.15, 0.2) is 30.4 Å². The van der Waals surface area contributed by atoms with Gasteiger partial charge < -0.3 is 0 Å². The van der Waals surface area contributed by atoms with Crippen molar-refractivity contribution in [1.29, 1.82) is 0 Å². The van der Waals surface area contributed by atoms with Crippen molar-refractivity contribution in [2.75, 3.05) is 0 Å². The molecule has 1 aromatic carbocycles. The molecule has 1 rings (SSSR count). The first-order valence-electron chi connectivity index (χ1n) is 4.12. The molecule has 0 aliphatic carbocycles. The maximum Gasteiger partial charge on any atom is 0.131 e. The second kappa shape index (κ2) is 4.30. The Morgan fingerprint density at radius 1 is 1.50 bits per heavy atom. The number of nitrogens with two attached hydrogens (primary N) is 1. The fraction of sp³-hybridized carbons (Fsp3) is 0.200. The summed E-state index contributed by atoms with van der Waals surface area (Å²) < 4.78 is 25.9. The number of halogens is 2. The third-order valence-corrected chi connectivity index (χ3v) is 1.93. The van der Waals surface area contributed by atoms with Gasteiger partial charge in [-0.2, -0.15) is 0 Å². The number of hydrazine groups is 1. The third kappa shape index (κ3) is 2.16.